The fourth-order valence-corrected chi connectivity index (χ4v) is 5.11. The highest BCUT2D eigenvalue weighted by Crippen LogP contribution is 2.37. The Morgan fingerprint density at radius 3 is 2.61 bits per heavy atom. The molecule has 162 valence electrons. The maximum Gasteiger partial charge on any atom is 0.416 e. The zero-order chi connectivity index (χ0) is 21.4. The Labute approximate surface area is 180 Å². The first-order chi connectivity index (χ1) is 15.0. The summed E-state index contributed by atoms with van der Waals surface area (Å²) >= 11 is 0. The van der Waals surface area contributed by atoms with Crippen molar-refractivity contribution in [1.29, 1.82) is 0 Å². The minimum Gasteiger partial charge on any atom is -0.358 e. The third kappa shape index (κ3) is 4.29. The second kappa shape index (κ2) is 8.19. The molecule has 2 aliphatic rings. The summed E-state index contributed by atoms with van der Waals surface area (Å²) in [7, 11) is 0. The summed E-state index contributed by atoms with van der Waals surface area (Å²) in [5, 5.41) is 0.753. The molecular weight excluding hydrogens is 397 g/mol. The van der Waals surface area contributed by atoms with Gasteiger partial charge in [0.25, 0.3) is 0 Å². The van der Waals surface area contributed by atoms with Crippen LogP contribution < -0.4 is 0 Å². The van der Waals surface area contributed by atoms with Gasteiger partial charge in [0.1, 0.15) is 0 Å². The van der Waals surface area contributed by atoms with Crippen LogP contribution in [0.1, 0.15) is 41.6 Å². The van der Waals surface area contributed by atoms with E-state index >= 15 is 0 Å². The molecule has 0 fully saturated rings. The Morgan fingerprint density at radius 2 is 1.87 bits per heavy atom. The van der Waals surface area contributed by atoms with Gasteiger partial charge in [0.15, 0.2) is 0 Å². The number of benzene rings is 2. The molecule has 2 aromatic carbocycles. The molecule has 0 spiro atoms. The lowest BCUT2D eigenvalue weighted by molar-refractivity contribution is -0.137. The Bertz CT molecular complexity index is 1100. The molecule has 5 rings (SSSR count). The number of aromatic nitrogens is 1. The number of alkyl halides is 3. The van der Waals surface area contributed by atoms with E-state index < -0.39 is 11.7 Å². The molecule has 0 radical (unpaired) electrons. The van der Waals surface area contributed by atoms with Crippen LogP contribution in [0.4, 0.5) is 13.2 Å². The highest BCUT2D eigenvalue weighted by Gasteiger charge is 2.32. The number of aromatic amines is 1. The molecule has 0 amide bonds. The zero-order valence-electron chi connectivity index (χ0n) is 17.5. The Hall–Kier alpha value is -2.53. The van der Waals surface area contributed by atoms with Crippen molar-refractivity contribution in [2.75, 3.05) is 19.6 Å². The minimum atomic E-state index is -4.30. The van der Waals surface area contributed by atoms with E-state index in [2.05, 4.69) is 40.2 Å². The van der Waals surface area contributed by atoms with E-state index in [1.165, 1.54) is 23.3 Å². The van der Waals surface area contributed by atoms with Crippen LogP contribution in [0.15, 0.2) is 54.6 Å². The van der Waals surface area contributed by atoms with Crippen LogP contribution >= 0.6 is 0 Å². The van der Waals surface area contributed by atoms with Crippen molar-refractivity contribution in [3.05, 3.63) is 77.0 Å². The van der Waals surface area contributed by atoms with Crippen LogP contribution in [0, 0.1) is 5.92 Å². The second-order valence-corrected chi connectivity index (χ2v) is 8.88. The number of nitrogens with one attached hydrogen (secondary N) is 1. The van der Waals surface area contributed by atoms with E-state index in [9.17, 15) is 13.2 Å². The van der Waals surface area contributed by atoms with Crippen LogP contribution in [0.2, 0.25) is 0 Å². The smallest absolute Gasteiger partial charge is 0.358 e. The summed E-state index contributed by atoms with van der Waals surface area (Å²) in [6.45, 7) is 3.10. The topological polar surface area (TPSA) is 19.0 Å². The fraction of sp³-hybridized carbons (Fsp3) is 0.385. The van der Waals surface area contributed by atoms with Gasteiger partial charge in [-0.2, -0.15) is 13.2 Å². The highest BCUT2D eigenvalue weighted by atomic mass is 19.4. The van der Waals surface area contributed by atoms with Gasteiger partial charge in [0.2, 0.25) is 0 Å². The lowest BCUT2D eigenvalue weighted by atomic mass is 9.84. The van der Waals surface area contributed by atoms with E-state index in [0.717, 1.165) is 73.9 Å². The van der Waals surface area contributed by atoms with Crippen LogP contribution in [0.5, 0.6) is 0 Å². The van der Waals surface area contributed by atoms with Crippen molar-refractivity contribution in [3.63, 3.8) is 0 Å². The molecule has 0 bridgehead atoms. The zero-order valence-corrected chi connectivity index (χ0v) is 17.5. The third-order valence-electron chi connectivity index (χ3n) is 6.91. The summed E-state index contributed by atoms with van der Waals surface area (Å²) < 4.78 is 39.5. The van der Waals surface area contributed by atoms with Crippen LogP contribution in [-0.4, -0.2) is 29.5 Å². The van der Waals surface area contributed by atoms with Gasteiger partial charge < -0.3 is 4.98 Å². The van der Waals surface area contributed by atoms with Crippen LogP contribution in [0.25, 0.3) is 16.5 Å². The molecule has 1 unspecified atom stereocenters. The summed E-state index contributed by atoms with van der Waals surface area (Å²) in [6.07, 6.45) is 3.11. The van der Waals surface area contributed by atoms with Crippen molar-refractivity contribution >= 4 is 16.5 Å². The van der Waals surface area contributed by atoms with Crippen molar-refractivity contribution in [3.8, 4) is 0 Å². The average Bonchev–Trinajstić information content (AvgIpc) is 3.15. The van der Waals surface area contributed by atoms with Crippen molar-refractivity contribution in [1.82, 2.24) is 9.88 Å². The normalized spacial score (nSPS) is 20.0. The predicted molar refractivity (Wildman–Crippen MR) is 119 cm³/mol. The van der Waals surface area contributed by atoms with E-state index in [1.807, 2.05) is 6.07 Å². The minimum absolute atomic E-state index is 0.528. The Balaban J connectivity index is 1.23. The van der Waals surface area contributed by atoms with Gasteiger partial charge in [-0.25, -0.2) is 0 Å². The van der Waals surface area contributed by atoms with Crippen molar-refractivity contribution in [2.24, 2.45) is 5.92 Å². The van der Waals surface area contributed by atoms with E-state index in [0.29, 0.717) is 5.92 Å². The van der Waals surface area contributed by atoms with Crippen molar-refractivity contribution < 1.29 is 13.2 Å². The number of hydrogen-bond acceptors (Lipinski definition) is 1. The van der Waals surface area contributed by atoms with Crippen LogP contribution in [0.3, 0.4) is 0 Å². The summed E-state index contributed by atoms with van der Waals surface area (Å²) in [6, 6.07) is 14.6. The summed E-state index contributed by atoms with van der Waals surface area (Å²) in [4.78, 5) is 5.85. The van der Waals surface area contributed by atoms with Crippen LogP contribution in [-0.2, 0) is 19.0 Å². The average molecular weight is 425 g/mol. The van der Waals surface area contributed by atoms with Gasteiger partial charge in [0, 0.05) is 29.7 Å². The molecule has 3 aromatic rings. The fourth-order valence-electron chi connectivity index (χ4n) is 5.11. The van der Waals surface area contributed by atoms with Crippen molar-refractivity contribution in [2.45, 2.75) is 38.3 Å². The van der Waals surface area contributed by atoms with Gasteiger partial charge in [-0.05, 0) is 79.5 Å². The maximum atomic E-state index is 13.2. The van der Waals surface area contributed by atoms with E-state index in [1.54, 1.807) is 6.07 Å². The Morgan fingerprint density at radius 1 is 1.03 bits per heavy atom. The number of fused-ring (bicyclic) bond motifs is 3. The molecule has 1 aliphatic carbocycles. The number of halogens is 3. The molecule has 1 aromatic heterocycles. The number of nitrogens with zero attached hydrogens (tertiary/aromatic N) is 1. The first-order valence-electron chi connectivity index (χ1n) is 11.1. The van der Waals surface area contributed by atoms with Gasteiger partial charge >= 0.3 is 6.18 Å². The first kappa shape index (κ1) is 20.4. The predicted octanol–water partition coefficient (Wildman–Crippen LogP) is 6.47. The van der Waals surface area contributed by atoms with Gasteiger partial charge in [-0.15, -0.1) is 0 Å². The molecule has 1 aliphatic heterocycles. The first-order valence-corrected chi connectivity index (χ1v) is 11.1. The third-order valence-corrected chi connectivity index (χ3v) is 6.91. The molecule has 31 heavy (non-hydrogen) atoms. The monoisotopic (exact) mass is 424 g/mol. The van der Waals surface area contributed by atoms with Gasteiger partial charge in [-0.1, -0.05) is 36.4 Å². The molecule has 0 saturated carbocycles. The number of rotatable bonds is 4. The van der Waals surface area contributed by atoms with Gasteiger partial charge in [0.05, 0.1) is 5.56 Å². The van der Waals surface area contributed by atoms with E-state index in [-0.39, 0.29) is 0 Å². The molecule has 0 saturated heterocycles. The number of H-pyrrole nitrogens is 1. The Kier molecular flexibility index (Phi) is 5.39. The summed E-state index contributed by atoms with van der Waals surface area (Å²) in [5.41, 5.74) is 5.24. The maximum absolute atomic E-state index is 13.2. The summed E-state index contributed by atoms with van der Waals surface area (Å²) in [5.74, 6) is 0.528. The lowest BCUT2D eigenvalue weighted by Crippen LogP contribution is -2.31. The highest BCUT2D eigenvalue weighted by molar-refractivity contribution is 5.85. The largest absolute Gasteiger partial charge is 0.416 e. The number of hydrogen-bond donors (Lipinski definition) is 1. The number of aryl methyl sites for hydroxylation is 1. The van der Waals surface area contributed by atoms with E-state index in [4.69, 9.17) is 0 Å². The molecule has 1 N–H and O–H groups in total. The SMILES string of the molecule is FC(F)(F)c1ccc2[nH]c3c(c2c1)CC(CCN1CC=C(c2ccccc2)CC1)CC3. The molecular formula is C26H27F3N2. The molecule has 5 heteroatoms. The molecule has 2 nitrogen and oxygen atoms in total. The quantitative estimate of drug-likeness (QED) is 0.508. The second-order valence-electron chi connectivity index (χ2n) is 8.88. The molecule has 2 heterocycles. The van der Waals surface area contributed by atoms with Gasteiger partial charge in [-0.3, -0.25) is 4.90 Å². The standard InChI is InChI=1S/C26H27F3N2/c27-26(28,29)21-7-9-25-23(17-21)22-16-18(6-8-24(22)30-25)10-13-31-14-11-20(12-15-31)19-4-2-1-3-5-19/h1-5,7,9,11,17-18,30H,6,8,10,12-16H2. The lowest BCUT2D eigenvalue weighted by Gasteiger charge is -2.29. The molecule has 1 atom stereocenters.